The van der Waals surface area contributed by atoms with Gasteiger partial charge in [0.2, 0.25) is 0 Å². The largest absolute Gasteiger partial charge is 0.383 e. The Morgan fingerprint density at radius 1 is 1.15 bits per heavy atom. The summed E-state index contributed by atoms with van der Waals surface area (Å²) in [5, 5.41) is 8.71. The molecule has 2 heterocycles. The van der Waals surface area contributed by atoms with Crippen molar-refractivity contribution >= 4 is 22.5 Å². The monoisotopic (exact) mass is 550 g/mol. The first-order valence-electron chi connectivity index (χ1n) is 14.6. The molecule has 4 rings (SSSR count). The maximum absolute atomic E-state index is 13.7. The first kappa shape index (κ1) is 29.8. The van der Waals surface area contributed by atoms with Gasteiger partial charge in [-0.25, -0.2) is 0 Å². The number of carbonyl (C=O) groups is 1. The van der Waals surface area contributed by atoms with Gasteiger partial charge < -0.3 is 24.8 Å². The number of rotatable bonds is 11. The molecule has 9 nitrogen and oxygen atoms in total. The Morgan fingerprint density at radius 3 is 2.48 bits per heavy atom. The third-order valence-corrected chi connectivity index (χ3v) is 8.66. The second-order valence-corrected chi connectivity index (χ2v) is 11.2. The number of amides is 1. The minimum atomic E-state index is -0.167. The summed E-state index contributed by atoms with van der Waals surface area (Å²) in [6.45, 7) is 10.8. The van der Waals surface area contributed by atoms with Crippen LogP contribution in [0.5, 0.6) is 0 Å². The first-order valence-corrected chi connectivity index (χ1v) is 14.6. The molecule has 1 saturated carbocycles. The predicted molar refractivity (Wildman–Crippen MR) is 161 cm³/mol. The lowest BCUT2D eigenvalue weighted by Crippen LogP contribution is -2.44. The SMILES string of the molecule is CCc1c(C(=O)NCc2c(C)cc(C)[nH]c2=O)cc2c(cnn2C)c1N(CC)C1CCC(N(C)CCOC)CC1. The topological polar surface area (TPSA) is 95.5 Å². The summed E-state index contributed by atoms with van der Waals surface area (Å²) in [4.78, 5) is 34.1. The Hall–Kier alpha value is -3.17. The smallest absolute Gasteiger partial charge is 0.253 e. The van der Waals surface area contributed by atoms with Crippen molar-refractivity contribution in [3.8, 4) is 0 Å². The maximum atomic E-state index is 13.7. The molecule has 0 radical (unpaired) electrons. The second-order valence-electron chi connectivity index (χ2n) is 11.2. The fraction of sp³-hybridized carbons (Fsp3) is 0.581. The van der Waals surface area contributed by atoms with Crippen molar-refractivity contribution in [1.29, 1.82) is 0 Å². The number of benzene rings is 1. The highest BCUT2D eigenvalue weighted by Crippen LogP contribution is 2.38. The van der Waals surface area contributed by atoms with Crippen LogP contribution in [0.1, 0.15) is 72.3 Å². The Bertz CT molecular complexity index is 1390. The molecule has 1 amide bonds. The zero-order valence-corrected chi connectivity index (χ0v) is 25.3. The van der Waals surface area contributed by atoms with Crippen LogP contribution in [0.25, 0.3) is 10.9 Å². The summed E-state index contributed by atoms with van der Waals surface area (Å²) in [6, 6.07) is 4.86. The molecule has 0 spiro atoms. The zero-order chi connectivity index (χ0) is 29.0. The molecule has 0 aliphatic heterocycles. The van der Waals surface area contributed by atoms with E-state index in [1.807, 2.05) is 43.9 Å². The molecule has 3 aromatic rings. The summed E-state index contributed by atoms with van der Waals surface area (Å²) in [6.07, 6.45) is 7.15. The third kappa shape index (κ3) is 6.10. The van der Waals surface area contributed by atoms with Gasteiger partial charge in [0, 0.05) is 68.1 Å². The van der Waals surface area contributed by atoms with Crippen molar-refractivity contribution in [2.75, 3.05) is 38.8 Å². The van der Waals surface area contributed by atoms with Gasteiger partial charge in [-0.2, -0.15) is 5.10 Å². The Morgan fingerprint density at radius 2 is 1.85 bits per heavy atom. The van der Waals surface area contributed by atoms with E-state index in [-0.39, 0.29) is 18.0 Å². The Balaban J connectivity index is 1.65. The van der Waals surface area contributed by atoms with Crippen LogP contribution in [0, 0.1) is 13.8 Å². The van der Waals surface area contributed by atoms with Gasteiger partial charge in [-0.3, -0.25) is 14.3 Å². The van der Waals surface area contributed by atoms with E-state index in [1.165, 1.54) is 0 Å². The van der Waals surface area contributed by atoms with Crippen LogP contribution in [0.4, 0.5) is 5.69 Å². The van der Waals surface area contributed by atoms with Crippen molar-refractivity contribution in [3.63, 3.8) is 0 Å². The lowest BCUT2D eigenvalue weighted by molar-refractivity contribution is 0.0950. The van der Waals surface area contributed by atoms with Crippen LogP contribution < -0.4 is 15.8 Å². The molecule has 1 aromatic carbocycles. The van der Waals surface area contributed by atoms with Crippen LogP contribution in [-0.2, 0) is 24.8 Å². The normalized spacial score (nSPS) is 17.5. The molecular formula is C31H46N6O3. The van der Waals surface area contributed by atoms with Crippen molar-refractivity contribution in [2.24, 2.45) is 7.05 Å². The minimum Gasteiger partial charge on any atom is -0.383 e. The van der Waals surface area contributed by atoms with E-state index in [4.69, 9.17) is 4.74 Å². The molecule has 0 atom stereocenters. The molecule has 2 aromatic heterocycles. The molecule has 0 bridgehead atoms. The summed E-state index contributed by atoms with van der Waals surface area (Å²) >= 11 is 0. The number of pyridine rings is 1. The van der Waals surface area contributed by atoms with Gasteiger partial charge in [0.1, 0.15) is 0 Å². The molecule has 1 aliphatic carbocycles. The number of nitrogens with zero attached hydrogens (tertiary/aromatic N) is 4. The average molecular weight is 551 g/mol. The van der Waals surface area contributed by atoms with Gasteiger partial charge in [0.05, 0.1) is 24.0 Å². The molecular weight excluding hydrogens is 504 g/mol. The number of carbonyl (C=O) groups excluding carboxylic acids is 1. The highest BCUT2D eigenvalue weighted by molar-refractivity contribution is 6.05. The van der Waals surface area contributed by atoms with E-state index in [2.05, 4.69) is 46.1 Å². The van der Waals surface area contributed by atoms with Gasteiger partial charge in [-0.15, -0.1) is 0 Å². The summed E-state index contributed by atoms with van der Waals surface area (Å²) in [5.74, 6) is -0.167. The van der Waals surface area contributed by atoms with Gasteiger partial charge in [-0.1, -0.05) is 6.92 Å². The second kappa shape index (κ2) is 13.0. The molecule has 1 fully saturated rings. The number of anilines is 1. The van der Waals surface area contributed by atoms with Crippen molar-refractivity contribution in [2.45, 2.75) is 78.4 Å². The lowest BCUT2D eigenvalue weighted by Gasteiger charge is -2.41. The highest BCUT2D eigenvalue weighted by Gasteiger charge is 2.31. The number of hydrogen-bond acceptors (Lipinski definition) is 6. The third-order valence-electron chi connectivity index (χ3n) is 8.66. The van der Waals surface area contributed by atoms with Crippen molar-refractivity contribution in [1.82, 2.24) is 25.0 Å². The number of likely N-dealkylation sites (N-methyl/N-ethyl adjacent to an activating group) is 1. The van der Waals surface area contributed by atoms with Crippen LogP contribution in [0.2, 0.25) is 0 Å². The lowest BCUT2D eigenvalue weighted by atomic mass is 9.88. The van der Waals surface area contributed by atoms with Crippen LogP contribution in [0.3, 0.4) is 0 Å². The molecule has 9 heteroatoms. The van der Waals surface area contributed by atoms with Crippen LogP contribution in [-0.4, -0.2) is 71.5 Å². The highest BCUT2D eigenvalue weighted by atomic mass is 16.5. The van der Waals surface area contributed by atoms with Gasteiger partial charge in [0.15, 0.2) is 0 Å². The summed E-state index contributed by atoms with van der Waals surface area (Å²) in [7, 11) is 5.88. The number of methoxy groups -OCH3 is 1. The number of aromatic nitrogens is 3. The fourth-order valence-corrected chi connectivity index (χ4v) is 6.40. The number of nitrogens with one attached hydrogen (secondary N) is 2. The van der Waals surface area contributed by atoms with Crippen LogP contribution in [0.15, 0.2) is 23.1 Å². The number of aryl methyl sites for hydroxylation is 3. The summed E-state index contributed by atoms with van der Waals surface area (Å²) in [5.41, 5.74) is 5.87. The molecule has 218 valence electrons. The standard InChI is InChI=1S/C31H46N6O3/c1-8-24-25(30(38)32-18-26-20(3)16-21(4)34-31(26)39)17-28-27(19-33-36(28)6)29(24)37(9-2)23-12-10-22(11-13-23)35(5)14-15-40-7/h16-17,19,22-23H,8-15,18H2,1-7H3,(H,32,38)(H,34,39). The van der Waals surface area contributed by atoms with E-state index < -0.39 is 0 Å². The Kier molecular flexibility index (Phi) is 9.68. The number of fused-ring (bicyclic) bond motifs is 1. The van der Waals surface area contributed by atoms with E-state index in [0.717, 1.165) is 85.2 Å². The first-order chi connectivity index (χ1) is 19.2. The summed E-state index contributed by atoms with van der Waals surface area (Å²) < 4.78 is 7.13. The number of hydrogen-bond donors (Lipinski definition) is 2. The predicted octanol–water partition coefficient (Wildman–Crippen LogP) is 4.09. The quantitative estimate of drug-likeness (QED) is 0.374. The molecule has 40 heavy (non-hydrogen) atoms. The molecule has 0 saturated heterocycles. The Labute approximate surface area is 237 Å². The van der Waals surface area contributed by atoms with Crippen molar-refractivity contribution < 1.29 is 9.53 Å². The molecule has 1 aliphatic rings. The van der Waals surface area contributed by atoms with E-state index in [9.17, 15) is 9.59 Å². The number of aromatic amines is 1. The zero-order valence-electron chi connectivity index (χ0n) is 25.3. The van der Waals surface area contributed by atoms with Crippen LogP contribution >= 0.6 is 0 Å². The number of ether oxygens (including phenoxy) is 1. The van der Waals surface area contributed by atoms with Crippen molar-refractivity contribution in [3.05, 3.63) is 56.6 Å². The van der Waals surface area contributed by atoms with E-state index >= 15 is 0 Å². The minimum absolute atomic E-state index is 0.156. The number of H-pyrrole nitrogens is 1. The average Bonchev–Trinajstić information content (AvgIpc) is 3.31. The van der Waals surface area contributed by atoms with E-state index in [1.54, 1.807) is 7.11 Å². The fourth-order valence-electron chi connectivity index (χ4n) is 6.40. The molecule has 2 N–H and O–H groups in total. The van der Waals surface area contributed by atoms with Gasteiger partial charge in [0.25, 0.3) is 11.5 Å². The maximum Gasteiger partial charge on any atom is 0.253 e. The van der Waals surface area contributed by atoms with Gasteiger partial charge >= 0.3 is 0 Å². The molecule has 0 unspecified atom stereocenters. The van der Waals surface area contributed by atoms with E-state index in [0.29, 0.717) is 23.2 Å². The van der Waals surface area contributed by atoms with Gasteiger partial charge in [-0.05, 0) is 83.2 Å².